The molecule has 1 heteroatoms. The van der Waals surface area contributed by atoms with Crippen molar-refractivity contribution < 1.29 is 5.11 Å². The fourth-order valence-electron chi connectivity index (χ4n) is 3.48. The van der Waals surface area contributed by atoms with Gasteiger partial charge in [0.15, 0.2) is 0 Å². The number of unbranched alkanes of at least 4 members (excludes halogenated alkanes) is 10. The van der Waals surface area contributed by atoms with Crippen LogP contribution in [0.15, 0.2) is 0 Å². The first-order valence-electron chi connectivity index (χ1n) is 10.3. The standard InChI is InChI=1S/C21H44O/c1-5-8-10-12-14-16-18-20(4)21(22,7-3)19-17-15-13-11-9-6-2/h20,22H,5-19H2,1-4H3. The Labute approximate surface area is 141 Å². The number of aliphatic hydroxyl groups is 1. The zero-order valence-electron chi connectivity index (χ0n) is 16.1. The van der Waals surface area contributed by atoms with E-state index < -0.39 is 5.60 Å². The van der Waals surface area contributed by atoms with Crippen LogP contribution in [-0.4, -0.2) is 10.7 Å². The van der Waals surface area contributed by atoms with Gasteiger partial charge in [0.25, 0.3) is 0 Å². The second kappa shape index (κ2) is 14.5. The lowest BCUT2D eigenvalue weighted by Gasteiger charge is -2.33. The maximum absolute atomic E-state index is 10.9. The van der Waals surface area contributed by atoms with Crippen molar-refractivity contribution in [3.63, 3.8) is 0 Å². The normalized spacial score (nSPS) is 15.7. The monoisotopic (exact) mass is 312 g/mol. The summed E-state index contributed by atoms with van der Waals surface area (Å²) >= 11 is 0. The smallest absolute Gasteiger partial charge is 0.0670 e. The Kier molecular flexibility index (Phi) is 14.5. The Hall–Kier alpha value is -0.0400. The van der Waals surface area contributed by atoms with Gasteiger partial charge in [-0.25, -0.2) is 0 Å². The molecule has 0 saturated carbocycles. The van der Waals surface area contributed by atoms with Crippen molar-refractivity contribution in [2.24, 2.45) is 5.92 Å². The third-order valence-electron chi connectivity index (χ3n) is 5.48. The van der Waals surface area contributed by atoms with E-state index in [1.165, 1.54) is 83.5 Å². The van der Waals surface area contributed by atoms with Crippen LogP contribution >= 0.6 is 0 Å². The molecule has 1 N–H and O–H groups in total. The topological polar surface area (TPSA) is 20.2 Å². The molecule has 0 radical (unpaired) electrons. The molecular formula is C21H44O. The molecule has 1 nitrogen and oxygen atoms in total. The largest absolute Gasteiger partial charge is 0.390 e. The second-order valence-electron chi connectivity index (χ2n) is 7.43. The molecule has 2 atom stereocenters. The van der Waals surface area contributed by atoms with Crippen LogP contribution < -0.4 is 0 Å². The lowest BCUT2D eigenvalue weighted by molar-refractivity contribution is -0.0290. The SMILES string of the molecule is CCCCCCCCC(C)C(O)(CC)CCCCCCCC. The molecule has 0 aliphatic carbocycles. The van der Waals surface area contributed by atoms with Crippen molar-refractivity contribution in [1.82, 2.24) is 0 Å². The minimum absolute atomic E-state index is 0.409. The summed E-state index contributed by atoms with van der Waals surface area (Å²) in [7, 11) is 0. The predicted octanol–water partition coefficient (Wildman–Crippen LogP) is 7.26. The molecule has 0 heterocycles. The molecule has 0 aliphatic heterocycles. The highest BCUT2D eigenvalue weighted by molar-refractivity contribution is 4.82. The van der Waals surface area contributed by atoms with E-state index >= 15 is 0 Å². The van der Waals surface area contributed by atoms with Gasteiger partial charge < -0.3 is 5.11 Å². The Morgan fingerprint density at radius 1 is 0.682 bits per heavy atom. The van der Waals surface area contributed by atoms with Crippen molar-refractivity contribution in [3.8, 4) is 0 Å². The van der Waals surface area contributed by atoms with Gasteiger partial charge in [0.2, 0.25) is 0 Å². The van der Waals surface area contributed by atoms with Crippen LogP contribution in [-0.2, 0) is 0 Å². The maximum Gasteiger partial charge on any atom is 0.0670 e. The van der Waals surface area contributed by atoms with E-state index in [0.29, 0.717) is 5.92 Å². The van der Waals surface area contributed by atoms with Crippen LogP contribution in [0.2, 0.25) is 0 Å². The molecule has 134 valence electrons. The molecule has 0 fully saturated rings. The maximum atomic E-state index is 10.9. The average molecular weight is 313 g/mol. The molecule has 22 heavy (non-hydrogen) atoms. The lowest BCUT2D eigenvalue weighted by Crippen LogP contribution is -2.35. The quantitative estimate of drug-likeness (QED) is 0.297. The highest BCUT2D eigenvalue weighted by Crippen LogP contribution is 2.31. The van der Waals surface area contributed by atoms with Gasteiger partial charge in [0.05, 0.1) is 5.60 Å². The Bertz CT molecular complexity index is 226. The van der Waals surface area contributed by atoms with Gasteiger partial charge in [-0.2, -0.15) is 0 Å². The Morgan fingerprint density at radius 3 is 1.64 bits per heavy atom. The third-order valence-corrected chi connectivity index (χ3v) is 5.48. The number of hydrogen-bond acceptors (Lipinski definition) is 1. The van der Waals surface area contributed by atoms with Crippen molar-refractivity contribution >= 4 is 0 Å². The van der Waals surface area contributed by atoms with Crippen LogP contribution in [0.1, 0.15) is 124 Å². The molecule has 0 aromatic heterocycles. The zero-order chi connectivity index (χ0) is 16.7. The summed E-state index contributed by atoms with van der Waals surface area (Å²) in [5, 5.41) is 10.9. The van der Waals surface area contributed by atoms with Crippen molar-refractivity contribution in [1.29, 1.82) is 0 Å². The van der Waals surface area contributed by atoms with E-state index in [2.05, 4.69) is 27.7 Å². The Morgan fingerprint density at radius 2 is 1.14 bits per heavy atom. The van der Waals surface area contributed by atoms with Crippen LogP contribution in [0.25, 0.3) is 0 Å². The van der Waals surface area contributed by atoms with Crippen LogP contribution in [0.3, 0.4) is 0 Å². The third kappa shape index (κ3) is 10.6. The fourth-order valence-corrected chi connectivity index (χ4v) is 3.48. The molecular weight excluding hydrogens is 268 g/mol. The highest BCUT2D eigenvalue weighted by atomic mass is 16.3. The molecule has 0 rings (SSSR count). The van der Waals surface area contributed by atoms with E-state index in [-0.39, 0.29) is 0 Å². The molecule has 0 amide bonds. The van der Waals surface area contributed by atoms with Crippen LogP contribution in [0, 0.1) is 5.92 Å². The summed E-state index contributed by atoms with van der Waals surface area (Å²) in [6.07, 6.45) is 19.1. The van der Waals surface area contributed by atoms with Crippen LogP contribution in [0.5, 0.6) is 0 Å². The Balaban J connectivity index is 3.81. The van der Waals surface area contributed by atoms with Gasteiger partial charge >= 0.3 is 0 Å². The van der Waals surface area contributed by atoms with Crippen molar-refractivity contribution in [2.75, 3.05) is 0 Å². The molecule has 0 aromatic rings. The summed E-state index contributed by atoms with van der Waals surface area (Å²) in [4.78, 5) is 0. The highest BCUT2D eigenvalue weighted by Gasteiger charge is 2.30. The van der Waals surface area contributed by atoms with Crippen molar-refractivity contribution in [2.45, 2.75) is 130 Å². The molecule has 0 spiro atoms. The summed E-state index contributed by atoms with van der Waals surface area (Å²) in [5.74, 6) is 0.458. The fraction of sp³-hybridized carbons (Fsp3) is 1.00. The zero-order valence-corrected chi connectivity index (χ0v) is 16.1. The van der Waals surface area contributed by atoms with Gasteiger partial charge in [-0.05, 0) is 25.2 Å². The molecule has 0 aliphatic rings. The molecule has 2 unspecified atom stereocenters. The second-order valence-corrected chi connectivity index (χ2v) is 7.43. The average Bonchev–Trinajstić information content (AvgIpc) is 2.53. The van der Waals surface area contributed by atoms with E-state index in [9.17, 15) is 5.11 Å². The molecule has 0 bridgehead atoms. The summed E-state index contributed by atoms with van der Waals surface area (Å²) in [6, 6.07) is 0. The molecule has 0 saturated heterocycles. The minimum atomic E-state index is -0.409. The first-order valence-corrected chi connectivity index (χ1v) is 10.3. The predicted molar refractivity (Wildman–Crippen MR) is 100 cm³/mol. The summed E-state index contributed by atoms with van der Waals surface area (Å²) in [6.45, 7) is 8.97. The summed E-state index contributed by atoms with van der Waals surface area (Å²) in [5.41, 5.74) is -0.409. The minimum Gasteiger partial charge on any atom is -0.390 e. The van der Waals surface area contributed by atoms with Gasteiger partial charge in [-0.1, -0.05) is 105 Å². The first kappa shape index (κ1) is 22.0. The van der Waals surface area contributed by atoms with Gasteiger partial charge in [0, 0.05) is 0 Å². The first-order chi connectivity index (χ1) is 10.6. The lowest BCUT2D eigenvalue weighted by atomic mass is 9.79. The summed E-state index contributed by atoms with van der Waals surface area (Å²) < 4.78 is 0. The number of rotatable bonds is 16. The van der Waals surface area contributed by atoms with Crippen LogP contribution in [0.4, 0.5) is 0 Å². The van der Waals surface area contributed by atoms with E-state index in [4.69, 9.17) is 0 Å². The molecule has 0 aromatic carbocycles. The van der Waals surface area contributed by atoms with E-state index in [1.54, 1.807) is 0 Å². The van der Waals surface area contributed by atoms with Gasteiger partial charge in [-0.15, -0.1) is 0 Å². The van der Waals surface area contributed by atoms with Gasteiger partial charge in [-0.3, -0.25) is 0 Å². The van der Waals surface area contributed by atoms with Gasteiger partial charge in [0.1, 0.15) is 0 Å². The van der Waals surface area contributed by atoms with E-state index in [0.717, 1.165) is 12.8 Å². The van der Waals surface area contributed by atoms with Crippen molar-refractivity contribution in [3.05, 3.63) is 0 Å². The van der Waals surface area contributed by atoms with E-state index in [1.807, 2.05) is 0 Å². The number of hydrogen-bond donors (Lipinski definition) is 1.